The number of hydrogen-bond acceptors (Lipinski definition) is 5. The van der Waals surface area contributed by atoms with Crippen LogP contribution in [0, 0.1) is 10.7 Å². The molecule has 2 aliphatic rings. The van der Waals surface area contributed by atoms with Crippen molar-refractivity contribution in [1.29, 1.82) is 0 Å². The fourth-order valence-electron chi connectivity index (χ4n) is 3.77. The van der Waals surface area contributed by atoms with Gasteiger partial charge in [0.1, 0.15) is 5.82 Å². The SMILES string of the molecule is CCOC(=O)C1CCCN(Cn2nc(C3CC3)n(-c3ccccc3)c2=S)C1. The highest BCUT2D eigenvalue weighted by Gasteiger charge is 2.32. The summed E-state index contributed by atoms with van der Waals surface area (Å²) in [4.78, 5) is 14.4. The van der Waals surface area contributed by atoms with Gasteiger partial charge in [-0.2, -0.15) is 5.10 Å². The highest BCUT2D eigenvalue weighted by atomic mass is 32.1. The third-order valence-corrected chi connectivity index (χ3v) is 5.67. The van der Waals surface area contributed by atoms with E-state index in [0.29, 0.717) is 25.7 Å². The van der Waals surface area contributed by atoms with E-state index in [9.17, 15) is 4.79 Å². The average molecular weight is 387 g/mol. The summed E-state index contributed by atoms with van der Waals surface area (Å²) in [6, 6.07) is 10.2. The molecule has 1 aromatic heterocycles. The van der Waals surface area contributed by atoms with Gasteiger partial charge in [-0.3, -0.25) is 14.3 Å². The highest BCUT2D eigenvalue weighted by Crippen LogP contribution is 2.40. The van der Waals surface area contributed by atoms with Crippen molar-refractivity contribution in [1.82, 2.24) is 19.2 Å². The van der Waals surface area contributed by atoms with Crippen LogP contribution in [0.4, 0.5) is 0 Å². The van der Waals surface area contributed by atoms with E-state index in [1.165, 1.54) is 12.8 Å². The summed E-state index contributed by atoms with van der Waals surface area (Å²) in [5.41, 5.74) is 1.07. The predicted molar refractivity (Wildman–Crippen MR) is 105 cm³/mol. The summed E-state index contributed by atoms with van der Waals surface area (Å²) in [6.07, 6.45) is 4.23. The summed E-state index contributed by atoms with van der Waals surface area (Å²) in [5.74, 6) is 1.43. The molecule has 27 heavy (non-hydrogen) atoms. The normalized spacial score (nSPS) is 20.6. The van der Waals surface area contributed by atoms with Crippen LogP contribution >= 0.6 is 12.2 Å². The molecule has 4 rings (SSSR count). The Morgan fingerprint density at radius 3 is 2.74 bits per heavy atom. The van der Waals surface area contributed by atoms with E-state index in [1.807, 2.05) is 29.8 Å². The number of rotatable bonds is 6. The van der Waals surface area contributed by atoms with Gasteiger partial charge >= 0.3 is 5.97 Å². The lowest BCUT2D eigenvalue weighted by Gasteiger charge is -2.31. The molecule has 2 aromatic rings. The van der Waals surface area contributed by atoms with E-state index >= 15 is 0 Å². The van der Waals surface area contributed by atoms with Gasteiger partial charge in [-0.05, 0) is 63.5 Å². The number of aromatic nitrogens is 3. The number of benzene rings is 1. The first kappa shape index (κ1) is 18.4. The summed E-state index contributed by atoms with van der Waals surface area (Å²) in [7, 11) is 0. The Hall–Kier alpha value is -1.99. The van der Waals surface area contributed by atoms with Gasteiger partial charge in [0.2, 0.25) is 4.77 Å². The fourth-order valence-corrected chi connectivity index (χ4v) is 4.07. The zero-order valence-corrected chi connectivity index (χ0v) is 16.5. The number of para-hydroxylation sites is 1. The number of hydrogen-bond donors (Lipinski definition) is 0. The Kier molecular flexibility index (Phi) is 5.41. The van der Waals surface area contributed by atoms with Gasteiger partial charge < -0.3 is 4.74 Å². The van der Waals surface area contributed by atoms with E-state index < -0.39 is 0 Å². The van der Waals surface area contributed by atoms with Gasteiger partial charge in [0, 0.05) is 18.2 Å². The van der Waals surface area contributed by atoms with Crippen LogP contribution in [-0.4, -0.2) is 44.9 Å². The van der Waals surface area contributed by atoms with Crippen LogP contribution in [0.5, 0.6) is 0 Å². The van der Waals surface area contributed by atoms with Gasteiger partial charge in [-0.15, -0.1) is 0 Å². The molecule has 1 unspecified atom stereocenters. The first-order chi connectivity index (χ1) is 13.2. The molecule has 144 valence electrons. The zero-order chi connectivity index (χ0) is 18.8. The molecule has 0 bridgehead atoms. The van der Waals surface area contributed by atoms with Gasteiger partial charge in [-0.25, -0.2) is 4.68 Å². The number of ether oxygens (including phenoxy) is 1. The van der Waals surface area contributed by atoms with Crippen molar-refractivity contribution >= 4 is 18.2 Å². The molecule has 1 aliphatic carbocycles. The van der Waals surface area contributed by atoms with Gasteiger partial charge in [0.15, 0.2) is 0 Å². The van der Waals surface area contributed by atoms with Crippen LogP contribution in [0.15, 0.2) is 30.3 Å². The molecule has 0 spiro atoms. The van der Waals surface area contributed by atoms with E-state index in [4.69, 9.17) is 22.1 Å². The largest absolute Gasteiger partial charge is 0.466 e. The number of carbonyl (C=O) groups is 1. The minimum atomic E-state index is -0.0840. The molecule has 0 amide bonds. The molecule has 0 radical (unpaired) electrons. The van der Waals surface area contributed by atoms with Crippen LogP contribution in [0.2, 0.25) is 0 Å². The maximum absolute atomic E-state index is 12.1. The Labute approximate surface area is 164 Å². The third kappa shape index (κ3) is 3.99. The van der Waals surface area contributed by atoms with Gasteiger partial charge in [0.25, 0.3) is 0 Å². The number of likely N-dealkylation sites (tertiary alicyclic amines) is 1. The maximum atomic E-state index is 12.1. The molecule has 1 aromatic carbocycles. The van der Waals surface area contributed by atoms with Crippen LogP contribution in [-0.2, 0) is 16.2 Å². The smallest absolute Gasteiger partial charge is 0.310 e. The lowest BCUT2D eigenvalue weighted by Crippen LogP contribution is -2.40. The Balaban J connectivity index is 1.56. The van der Waals surface area contributed by atoms with Crippen molar-refractivity contribution in [2.45, 2.75) is 45.2 Å². The van der Waals surface area contributed by atoms with Crippen molar-refractivity contribution in [3.8, 4) is 5.69 Å². The van der Waals surface area contributed by atoms with Crippen LogP contribution < -0.4 is 0 Å². The number of esters is 1. The molecular formula is C20H26N4O2S. The minimum Gasteiger partial charge on any atom is -0.466 e. The summed E-state index contributed by atoms with van der Waals surface area (Å²) in [6.45, 7) is 4.57. The van der Waals surface area contributed by atoms with E-state index in [-0.39, 0.29) is 11.9 Å². The molecule has 1 aliphatic heterocycles. The Bertz CT molecular complexity index is 857. The van der Waals surface area contributed by atoms with Gasteiger partial charge in [-0.1, -0.05) is 18.2 Å². The lowest BCUT2D eigenvalue weighted by atomic mass is 9.99. The second-order valence-electron chi connectivity index (χ2n) is 7.40. The van der Waals surface area contributed by atoms with E-state index in [1.54, 1.807) is 0 Å². The van der Waals surface area contributed by atoms with Crippen molar-refractivity contribution in [3.63, 3.8) is 0 Å². The number of nitrogens with zero attached hydrogens (tertiary/aromatic N) is 4. The molecule has 7 heteroatoms. The Morgan fingerprint density at radius 1 is 1.26 bits per heavy atom. The summed E-state index contributed by atoms with van der Waals surface area (Å²) >= 11 is 5.78. The number of piperidine rings is 1. The second-order valence-corrected chi connectivity index (χ2v) is 7.76. The Morgan fingerprint density at radius 2 is 2.04 bits per heavy atom. The zero-order valence-electron chi connectivity index (χ0n) is 15.7. The molecule has 6 nitrogen and oxygen atoms in total. The predicted octanol–water partition coefficient (Wildman–Crippen LogP) is 3.51. The average Bonchev–Trinajstić information content (AvgIpc) is 3.48. The van der Waals surface area contributed by atoms with E-state index in [0.717, 1.165) is 35.7 Å². The molecular weight excluding hydrogens is 360 g/mol. The topological polar surface area (TPSA) is 52.3 Å². The first-order valence-electron chi connectivity index (χ1n) is 9.81. The molecule has 2 heterocycles. The van der Waals surface area contributed by atoms with Crippen LogP contribution in [0.3, 0.4) is 0 Å². The molecule has 0 N–H and O–H groups in total. The summed E-state index contributed by atoms with van der Waals surface area (Å²) in [5, 5.41) is 4.87. The quantitative estimate of drug-likeness (QED) is 0.562. The summed E-state index contributed by atoms with van der Waals surface area (Å²) < 4.78 is 9.97. The number of carbonyl (C=O) groups excluding carboxylic acids is 1. The third-order valence-electron chi connectivity index (χ3n) is 5.28. The van der Waals surface area contributed by atoms with Crippen molar-refractivity contribution < 1.29 is 9.53 Å². The first-order valence-corrected chi connectivity index (χ1v) is 10.2. The minimum absolute atomic E-state index is 0.0491. The van der Waals surface area contributed by atoms with Gasteiger partial charge in [0.05, 0.1) is 19.2 Å². The van der Waals surface area contributed by atoms with Crippen LogP contribution in [0.25, 0.3) is 5.69 Å². The fraction of sp³-hybridized carbons (Fsp3) is 0.550. The molecule has 1 atom stereocenters. The molecule has 2 fully saturated rings. The van der Waals surface area contributed by atoms with Crippen molar-refractivity contribution in [2.75, 3.05) is 19.7 Å². The second kappa shape index (κ2) is 7.94. The van der Waals surface area contributed by atoms with Crippen LogP contribution in [0.1, 0.15) is 44.3 Å². The molecule has 1 saturated carbocycles. The highest BCUT2D eigenvalue weighted by molar-refractivity contribution is 7.71. The monoisotopic (exact) mass is 386 g/mol. The molecule has 1 saturated heterocycles. The standard InChI is InChI=1S/C20H26N4O2S/c1-2-26-19(25)16-7-6-12-22(13-16)14-23-20(27)24(17-8-4-3-5-9-17)18(21-23)15-10-11-15/h3-5,8-9,15-16H,2,6-7,10-14H2,1H3. The van der Waals surface area contributed by atoms with Crippen molar-refractivity contribution in [2.24, 2.45) is 5.92 Å². The maximum Gasteiger partial charge on any atom is 0.310 e. The lowest BCUT2D eigenvalue weighted by molar-refractivity contribution is -0.150. The van der Waals surface area contributed by atoms with Crippen molar-refractivity contribution in [3.05, 3.63) is 40.9 Å². The van der Waals surface area contributed by atoms with E-state index in [2.05, 4.69) is 21.6 Å².